The van der Waals surface area contributed by atoms with Crippen LogP contribution in [0.4, 0.5) is 11.4 Å². The first-order valence-electron chi connectivity index (χ1n) is 12.1. The number of nitrogens with zero attached hydrogens (tertiary/aromatic N) is 3. The van der Waals surface area contributed by atoms with E-state index in [4.69, 9.17) is 0 Å². The molecule has 8 heteroatoms. The summed E-state index contributed by atoms with van der Waals surface area (Å²) < 4.78 is 0. The molecule has 1 aromatic carbocycles. The van der Waals surface area contributed by atoms with Crippen LogP contribution in [0.5, 0.6) is 0 Å². The fraction of sp³-hybridized carbons (Fsp3) is 0.667. The molecular formula is C24H34N4O4. The largest absolute Gasteiger partial charge is 0.366 e. The smallest absolute Gasteiger partial charge is 0.292 e. The molecule has 1 atom stereocenters. The lowest BCUT2D eigenvalue weighted by molar-refractivity contribution is -0.384. The Bertz CT molecular complexity index is 831. The van der Waals surface area contributed by atoms with Crippen LogP contribution in [-0.2, 0) is 9.59 Å². The Morgan fingerprint density at radius 3 is 2.34 bits per heavy atom. The molecule has 0 radical (unpaired) electrons. The minimum absolute atomic E-state index is 0.0748. The first-order valence-corrected chi connectivity index (χ1v) is 12.1. The van der Waals surface area contributed by atoms with E-state index in [9.17, 15) is 19.7 Å². The lowest BCUT2D eigenvalue weighted by Crippen LogP contribution is -2.50. The zero-order chi connectivity index (χ0) is 22.5. The number of nitrogens with one attached hydrogen (secondary N) is 1. The number of likely N-dealkylation sites (tertiary alicyclic amines) is 1. The van der Waals surface area contributed by atoms with Gasteiger partial charge < -0.3 is 15.1 Å². The number of anilines is 1. The second-order valence-corrected chi connectivity index (χ2v) is 9.47. The van der Waals surface area contributed by atoms with Gasteiger partial charge in [-0.05, 0) is 44.6 Å². The summed E-state index contributed by atoms with van der Waals surface area (Å²) in [5, 5.41) is 14.6. The zero-order valence-corrected chi connectivity index (χ0v) is 18.7. The number of carbonyl (C=O) groups is 2. The number of hydrogen-bond acceptors (Lipinski definition) is 5. The molecule has 32 heavy (non-hydrogen) atoms. The van der Waals surface area contributed by atoms with Gasteiger partial charge in [-0.2, -0.15) is 0 Å². The van der Waals surface area contributed by atoms with Crippen LogP contribution in [0.15, 0.2) is 24.3 Å². The SMILES string of the molecule is O=C(NC1CCCCC1)C1CCCN(C(=O)C2CCN(c3ccccc3[N+](=O)[O-])CC2)C1. The summed E-state index contributed by atoms with van der Waals surface area (Å²) in [6, 6.07) is 7.09. The number of nitro groups is 1. The molecule has 0 spiro atoms. The van der Waals surface area contributed by atoms with Crippen LogP contribution in [0.2, 0.25) is 0 Å². The molecule has 0 aromatic heterocycles. The average molecular weight is 443 g/mol. The van der Waals surface area contributed by atoms with Crippen molar-refractivity contribution in [3.05, 3.63) is 34.4 Å². The van der Waals surface area contributed by atoms with Gasteiger partial charge in [0.15, 0.2) is 0 Å². The minimum atomic E-state index is -0.348. The Kier molecular flexibility index (Phi) is 7.27. The molecule has 1 saturated carbocycles. The van der Waals surface area contributed by atoms with Gasteiger partial charge in [0.1, 0.15) is 5.69 Å². The van der Waals surface area contributed by atoms with E-state index in [1.807, 2.05) is 15.9 Å². The van der Waals surface area contributed by atoms with Crippen LogP contribution in [0.3, 0.4) is 0 Å². The topological polar surface area (TPSA) is 95.8 Å². The van der Waals surface area contributed by atoms with E-state index >= 15 is 0 Å². The maximum atomic E-state index is 13.2. The second-order valence-electron chi connectivity index (χ2n) is 9.47. The monoisotopic (exact) mass is 442 g/mol. The number of carbonyl (C=O) groups excluding carboxylic acids is 2. The van der Waals surface area contributed by atoms with E-state index in [0.717, 1.165) is 32.2 Å². The van der Waals surface area contributed by atoms with Crippen LogP contribution >= 0.6 is 0 Å². The van der Waals surface area contributed by atoms with Crippen molar-refractivity contribution >= 4 is 23.2 Å². The van der Waals surface area contributed by atoms with E-state index in [-0.39, 0.29) is 34.3 Å². The zero-order valence-electron chi connectivity index (χ0n) is 18.7. The highest BCUT2D eigenvalue weighted by Gasteiger charge is 2.34. The van der Waals surface area contributed by atoms with Gasteiger partial charge in [-0.25, -0.2) is 0 Å². The summed E-state index contributed by atoms with van der Waals surface area (Å²) in [5.74, 6) is 0.0684. The Balaban J connectivity index is 1.30. The Morgan fingerprint density at radius 1 is 0.906 bits per heavy atom. The van der Waals surface area contributed by atoms with Gasteiger partial charge in [0.25, 0.3) is 5.69 Å². The van der Waals surface area contributed by atoms with Gasteiger partial charge in [-0.15, -0.1) is 0 Å². The number of para-hydroxylation sites is 2. The summed E-state index contributed by atoms with van der Waals surface area (Å²) in [6.07, 6.45) is 8.84. The van der Waals surface area contributed by atoms with Gasteiger partial charge in [-0.1, -0.05) is 31.4 Å². The number of amides is 2. The van der Waals surface area contributed by atoms with Crippen molar-refractivity contribution < 1.29 is 14.5 Å². The van der Waals surface area contributed by atoms with Crippen molar-refractivity contribution in [3.8, 4) is 0 Å². The molecule has 1 unspecified atom stereocenters. The number of benzene rings is 1. The van der Waals surface area contributed by atoms with E-state index in [1.54, 1.807) is 12.1 Å². The van der Waals surface area contributed by atoms with Crippen molar-refractivity contribution in [1.29, 1.82) is 0 Å². The molecule has 2 heterocycles. The van der Waals surface area contributed by atoms with Gasteiger partial charge in [0.05, 0.1) is 10.8 Å². The van der Waals surface area contributed by atoms with Gasteiger partial charge in [-0.3, -0.25) is 19.7 Å². The summed E-state index contributed by atoms with van der Waals surface area (Å²) in [4.78, 5) is 40.9. The van der Waals surface area contributed by atoms with Crippen molar-refractivity contribution in [2.24, 2.45) is 11.8 Å². The Hall–Kier alpha value is -2.64. The van der Waals surface area contributed by atoms with Gasteiger partial charge in [0, 0.05) is 44.2 Å². The predicted octanol–water partition coefficient (Wildman–Crippen LogP) is 3.50. The highest BCUT2D eigenvalue weighted by molar-refractivity contribution is 5.82. The van der Waals surface area contributed by atoms with E-state index < -0.39 is 0 Å². The van der Waals surface area contributed by atoms with E-state index in [2.05, 4.69) is 5.32 Å². The van der Waals surface area contributed by atoms with Crippen LogP contribution in [-0.4, -0.2) is 53.9 Å². The van der Waals surface area contributed by atoms with Crippen LogP contribution in [0, 0.1) is 22.0 Å². The normalized spacial score (nSPS) is 23.1. The third-order valence-electron chi connectivity index (χ3n) is 7.32. The molecule has 4 rings (SSSR count). The quantitative estimate of drug-likeness (QED) is 0.556. The van der Waals surface area contributed by atoms with Gasteiger partial charge >= 0.3 is 0 Å². The summed E-state index contributed by atoms with van der Waals surface area (Å²) in [6.45, 7) is 2.49. The number of piperidine rings is 2. The van der Waals surface area contributed by atoms with Crippen LogP contribution < -0.4 is 10.2 Å². The van der Waals surface area contributed by atoms with E-state index in [1.165, 1.54) is 25.3 Å². The van der Waals surface area contributed by atoms with Crippen LogP contribution in [0.1, 0.15) is 57.8 Å². The first-order chi connectivity index (χ1) is 15.5. The first kappa shape index (κ1) is 22.6. The molecule has 2 aliphatic heterocycles. The van der Waals surface area contributed by atoms with Gasteiger partial charge in [0.2, 0.25) is 11.8 Å². The Labute approximate surface area is 189 Å². The fourth-order valence-corrected chi connectivity index (χ4v) is 5.47. The number of rotatable bonds is 5. The predicted molar refractivity (Wildman–Crippen MR) is 122 cm³/mol. The third kappa shape index (κ3) is 5.22. The molecule has 1 aromatic rings. The highest BCUT2D eigenvalue weighted by Crippen LogP contribution is 2.32. The molecular weight excluding hydrogens is 408 g/mol. The summed E-state index contributed by atoms with van der Waals surface area (Å²) in [7, 11) is 0. The highest BCUT2D eigenvalue weighted by atomic mass is 16.6. The molecule has 174 valence electrons. The van der Waals surface area contributed by atoms with Crippen LogP contribution in [0.25, 0.3) is 0 Å². The molecule has 2 saturated heterocycles. The van der Waals surface area contributed by atoms with Crippen molar-refractivity contribution in [1.82, 2.24) is 10.2 Å². The maximum absolute atomic E-state index is 13.2. The summed E-state index contributed by atoms with van der Waals surface area (Å²) >= 11 is 0. The van der Waals surface area contributed by atoms with E-state index in [0.29, 0.717) is 44.2 Å². The van der Waals surface area contributed by atoms with Crippen molar-refractivity contribution in [2.45, 2.75) is 63.8 Å². The Morgan fingerprint density at radius 2 is 1.62 bits per heavy atom. The molecule has 2 amide bonds. The molecule has 1 aliphatic carbocycles. The standard InChI is InChI=1S/C24H34N4O4/c29-23(25-20-8-2-1-3-9-20)19-7-6-14-27(17-19)24(30)18-12-15-26(16-13-18)21-10-4-5-11-22(21)28(31)32/h4-5,10-11,18-20H,1-3,6-9,12-17H2,(H,25,29). The number of hydrogen-bond donors (Lipinski definition) is 1. The van der Waals surface area contributed by atoms with Crippen molar-refractivity contribution in [2.75, 3.05) is 31.1 Å². The summed E-state index contributed by atoms with van der Waals surface area (Å²) in [5.41, 5.74) is 0.737. The maximum Gasteiger partial charge on any atom is 0.292 e. The molecule has 1 N–H and O–H groups in total. The second kappa shape index (κ2) is 10.3. The average Bonchev–Trinajstić information content (AvgIpc) is 2.84. The minimum Gasteiger partial charge on any atom is -0.366 e. The molecule has 3 fully saturated rings. The molecule has 3 aliphatic rings. The lowest BCUT2D eigenvalue weighted by Gasteiger charge is -2.38. The molecule has 8 nitrogen and oxygen atoms in total. The number of nitro benzene ring substituents is 1. The molecule has 0 bridgehead atoms. The third-order valence-corrected chi connectivity index (χ3v) is 7.32. The lowest BCUT2D eigenvalue weighted by atomic mass is 9.90. The fourth-order valence-electron chi connectivity index (χ4n) is 5.47. The van der Waals surface area contributed by atoms with Crippen molar-refractivity contribution in [3.63, 3.8) is 0 Å².